The van der Waals surface area contributed by atoms with Gasteiger partial charge in [-0.2, -0.15) is 0 Å². The summed E-state index contributed by atoms with van der Waals surface area (Å²) in [7, 11) is -2.19. The molecule has 1 aromatic rings. The quantitative estimate of drug-likeness (QED) is 0.838. The molecule has 0 aromatic heterocycles. The zero-order chi connectivity index (χ0) is 18.4. The fourth-order valence-corrected chi connectivity index (χ4v) is 4.19. The van der Waals surface area contributed by atoms with Crippen molar-refractivity contribution in [3.8, 4) is 0 Å². The molecule has 0 unspecified atom stereocenters. The fourth-order valence-electron chi connectivity index (χ4n) is 2.89. The van der Waals surface area contributed by atoms with Gasteiger partial charge in [-0.05, 0) is 49.3 Å². The van der Waals surface area contributed by atoms with E-state index >= 15 is 0 Å². The number of piperidine rings is 1. The van der Waals surface area contributed by atoms with Crippen molar-refractivity contribution in [3.63, 3.8) is 0 Å². The highest BCUT2D eigenvalue weighted by molar-refractivity contribution is 7.89. The Morgan fingerprint density at radius 2 is 1.84 bits per heavy atom. The topological polar surface area (TPSA) is 75.7 Å². The molecular formula is C18H28N2O4S. The molecule has 1 aliphatic heterocycles. The van der Waals surface area contributed by atoms with E-state index in [1.165, 1.54) is 7.11 Å². The summed E-state index contributed by atoms with van der Waals surface area (Å²) in [6.45, 7) is 5.34. The van der Waals surface area contributed by atoms with Gasteiger partial charge in [-0.3, -0.25) is 0 Å². The van der Waals surface area contributed by atoms with E-state index < -0.39 is 10.0 Å². The minimum absolute atomic E-state index is 0.161. The third kappa shape index (κ3) is 5.71. The standard InChI is InChI=1S/C18H28N2O4S/c1-14(2)4-5-15-6-8-17(9-7-15)25(22,23)19-16-10-12-20(13-11-16)18(21)24-3/h6-9,14,16,19H,4-5,10-13H2,1-3H3. The van der Waals surface area contributed by atoms with Gasteiger partial charge in [-0.1, -0.05) is 26.0 Å². The Hall–Kier alpha value is -1.60. The van der Waals surface area contributed by atoms with Crippen LogP contribution in [-0.4, -0.2) is 45.7 Å². The number of nitrogens with zero attached hydrogens (tertiary/aromatic N) is 1. The highest BCUT2D eigenvalue weighted by atomic mass is 32.2. The molecule has 1 aliphatic rings. The number of carbonyl (C=O) groups excluding carboxylic acids is 1. The molecule has 0 saturated carbocycles. The van der Waals surface area contributed by atoms with Crippen LogP contribution >= 0.6 is 0 Å². The molecule has 0 atom stereocenters. The third-order valence-corrected chi connectivity index (χ3v) is 6.03. The van der Waals surface area contributed by atoms with E-state index in [-0.39, 0.29) is 17.0 Å². The molecule has 0 radical (unpaired) electrons. The summed E-state index contributed by atoms with van der Waals surface area (Å²) in [4.78, 5) is 13.4. The predicted molar refractivity (Wildman–Crippen MR) is 96.9 cm³/mol. The van der Waals surface area contributed by atoms with Gasteiger partial charge < -0.3 is 9.64 Å². The summed E-state index contributed by atoms with van der Waals surface area (Å²) in [5.41, 5.74) is 1.15. The molecule has 1 amide bonds. The van der Waals surface area contributed by atoms with Crippen LogP contribution in [0.5, 0.6) is 0 Å². The molecule has 0 aliphatic carbocycles. The molecule has 2 rings (SSSR count). The van der Waals surface area contributed by atoms with E-state index in [2.05, 4.69) is 23.3 Å². The van der Waals surface area contributed by atoms with Crippen molar-refractivity contribution in [2.24, 2.45) is 5.92 Å². The first-order valence-electron chi connectivity index (χ1n) is 8.76. The Kier molecular flexibility index (Phi) is 6.84. The number of nitrogens with one attached hydrogen (secondary N) is 1. The van der Waals surface area contributed by atoms with E-state index in [0.29, 0.717) is 31.8 Å². The maximum atomic E-state index is 12.5. The summed E-state index contributed by atoms with van der Waals surface area (Å²) >= 11 is 0. The molecule has 1 heterocycles. The van der Waals surface area contributed by atoms with Crippen LogP contribution in [-0.2, 0) is 21.2 Å². The molecule has 1 aromatic carbocycles. The fraction of sp³-hybridized carbons (Fsp3) is 0.611. The number of likely N-dealkylation sites (tertiary alicyclic amines) is 1. The number of ether oxygens (including phenoxy) is 1. The molecule has 25 heavy (non-hydrogen) atoms. The van der Waals surface area contributed by atoms with Crippen molar-refractivity contribution >= 4 is 16.1 Å². The van der Waals surface area contributed by atoms with Crippen LogP contribution in [0.4, 0.5) is 4.79 Å². The Bertz CT molecular complexity index is 663. The average Bonchev–Trinajstić information content (AvgIpc) is 2.60. The molecule has 0 bridgehead atoms. The number of hydrogen-bond acceptors (Lipinski definition) is 4. The number of hydrogen-bond donors (Lipinski definition) is 1. The molecular weight excluding hydrogens is 340 g/mol. The SMILES string of the molecule is COC(=O)N1CCC(NS(=O)(=O)c2ccc(CCC(C)C)cc2)CC1. The smallest absolute Gasteiger partial charge is 0.409 e. The molecule has 0 spiro atoms. The predicted octanol–water partition coefficient (Wildman–Crippen LogP) is 2.78. The van der Waals surface area contributed by atoms with Crippen molar-refractivity contribution in [1.82, 2.24) is 9.62 Å². The first-order valence-corrected chi connectivity index (χ1v) is 10.2. The lowest BCUT2D eigenvalue weighted by Gasteiger charge is -2.31. The summed E-state index contributed by atoms with van der Waals surface area (Å²) in [6.07, 6.45) is 2.85. The van der Waals surface area contributed by atoms with Crippen LogP contribution in [0.2, 0.25) is 0 Å². The molecule has 140 valence electrons. The van der Waals surface area contributed by atoms with Gasteiger partial charge in [0.25, 0.3) is 0 Å². The van der Waals surface area contributed by atoms with Gasteiger partial charge in [0, 0.05) is 19.1 Å². The zero-order valence-corrected chi connectivity index (χ0v) is 16.0. The van der Waals surface area contributed by atoms with Crippen LogP contribution in [0.3, 0.4) is 0 Å². The van der Waals surface area contributed by atoms with Crippen molar-refractivity contribution in [3.05, 3.63) is 29.8 Å². The van der Waals surface area contributed by atoms with Gasteiger partial charge in [-0.25, -0.2) is 17.9 Å². The number of amides is 1. The summed E-state index contributed by atoms with van der Waals surface area (Å²) in [5, 5.41) is 0. The van der Waals surface area contributed by atoms with Crippen LogP contribution in [0.25, 0.3) is 0 Å². The Morgan fingerprint density at radius 3 is 2.36 bits per heavy atom. The second-order valence-corrected chi connectivity index (χ2v) is 8.64. The first-order chi connectivity index (χ1) is 11.8. The van der Waals surface area contributed by atoms with Gasteiger partial charge in [0.2, 0.25) is 10.0 Å². The Labute approximate surface area is 150 Å². The van der Waals surface area contributed by atoms with Crippen LogP contribution in [0.1, 0.15) is 38.7 Å². The van der Waals surface area contributed by atoms with E-state index in [0.717, 1.165) is 18.4 Å². The first kappa shape index (κ1) is 19.7. The summed E-state index contributed by atoms with van der Waals surface area (Å²) < 4.78 is 32.5. The minimum Gasteiger partial charge on any atom is -0.453 e. The lowest BCUT2D eigenvalue weighted by molar-refractivity contribution is 0.111. The van der Waals surface area contributed by atoms with E-state index in [4.69, 9.17) is 0 Å². The van der Waals surface area contributed by atoms with Crippen LogP contribution < -0.4 is 4.72 Å². The molecule has 6 nitrogen and oxygen atoms in total. The number of sulfonamides is 1. The number of methoxy groups -OCH3 is 1. The number of rotatable bonds is 6. The van der Waals surface area contributed by atoms with Gasteiger partial charge in [-0.15, -0.1) is 0 Å². The van der Waals surface area contributed by atoms with E-state index in [1.54, 1.807) is 17.0 Å². The number of benzene rings is 1. The van der Waals surface area contributed by atoms with Crippen molar-refractivity contribution in [2.75, 3.05) is 20.2 Å². The largest absolute Gasteiger partial charge is 0.453 e. The maximum Gasteiger partial charge on any atom is 0.409 e. The van der Waals surface area contributed by atoms with Crippen molar-refractivity contribution in [1.29, 1.82) is 0 Å². The van der Waals surface area contributed by atoms with Crippen LogP contribution in [0.15, 0.2) is 29.2 Å². The van der Waals surface area contributed by atoms with Gasteiger partial charge >= 0.3 is 6.09 Å². The molecule has 1 N–H and O–H groups in total. The zero-order valence-electron chi connectivity index (χ0n) is 15.2. The third-order valence-electron chi connectivity index (χ3n) is 4.49. The van der Waals surface area contributed by atoms with Gasteiger partial charge in [0.05, 0.1) is 12.0 Å². The van der Waals surface area contributed by atoms with Crippen LogP contribution in [0, 0.1) is 5.92 Å². The molecule has 7 heteroatoms. The summed E-state index contributed by atoms with van der Waals surface area (Å²) in [5.74, 6) is 0.626. The number of aryl methyl sites for hydroxylation is 1. The maximum absolute atomic E-state index is 12.5. The average molecular weight is 368 g/mol. The van der Waals surface area contributed by atoms with Crippen molar-refractivity contribution < 1.29 is 17.9 Å². The second kappa shape index (κ2) is 8.67. The highest BCUT2D eigenvalue weighted by Crippen LogP contribution is 2.17. The Morgan fingerprint density at radius 1 is 1.24 bits per heavy atom. The monoisotopic (exact) mass is 368 g/mol. The lowest BCUT2D eigenvalue weighted by atomic mass is 10.0. The highest BCUT2D eigenvalue weighted by Gasteiger charge is 2.26. The van der Waals surface area contributed by atoms with Gasteiger partial charge in [0.1, 0.15) is 0 Å². The van der Waals surface area contributed by atoms with E-state index in [9.17, 15) is 13.2 Å². The molecule has 1 saturated heterocycles. The van der Waals surface area contributed by atoms with Crippen molar-refractivity contribution in [2.45, 2.75) is 50.5 Å². The minimum atomic E-state index is -3.54. The van der Waals surface area contributed by atoms with Gasteiger partial charge in [0.15, 0.2) is 0 Å². The lowest BCUT2D eigenvalue weighted by Crippen LogP contribution is -2.46. The summed E-state index contributed by atoms with van der Waals surface area (Å²) in [6, 6.07) is 6.95. The second-order valence-electron chi connectivity index (χ2n) is 6.93. The number of carbonyl (C=O) groups is 1. The molecule has 1 fully saturated rings. The normalized spacial score (nSPS) is 16.2. The Balaban J connectivity index is 1.92. The van der Waals surface area contributed by atoms with E-state index in [1.807, 2.05) is 12.1 Å².